The van der Waals surface area contributed by atoms with Crippen LogP contribution in [0.15, 0.2) is 41.9 Å². The van der Waals surface area contributed by atoms with Gasteiger partial charge in [0.15, 0.2) is 0 Å². The van der Waals surface area contributed by atoms with Crippen LogP contribution < -0.4 is 0 Å². The molecule has 1 aliphatic carbocycles. The molecule has 4 rings (SSSR count). The first kappa shape index (κ1) is 17.9. The van der Waals surface area contributed by atoms with Crippen molar-refractivity contribution in [1.82, 2.24) is 19.7 Å². The summed E-state index contributed by atoms with van der Waals surface area (Å²) in [6, 6.07) is 10.2. The highest BCUT2D eigenvalue weighted by molar-refractivity contribution is 7.09. The van der Waals surface area contributed by atoms with Crippen LogP contribution in [0, 0.1) is 13.8 Å². The Morgan fingerprint density at radius 1 is 1.22 bits per heavy atom. The Kier molecular flexibility index (Phi) is 4.60. The maximum atomic E-state index is 13.7. The van der Waals surface area contributed by atoms with E-state index in [1.807, 2.05) is 47.1 Å². The molecular formula is C21H24N4OS. The Hall–Kier alpha value is -2.47. The van der Waals surface area contributed by atoms with Crippen LogP contribution in [0.1, 0.15) is 40.4 Å². The molecule has 5 nitrogen and oxygen atoms in total. The van der Waals surface area contributed by atoms with Gasteiger partial charge < -0.3 is 4.90 Å². The summed E-state index contributed by atoms with van der Waals surface area (Å²) in [6.07, 6.45) is 3.62. The lowest BCUT2D eigenvalue weighted by atomic mass is 9.94. The fourth-order valence-corrected chi connectivity index (χ4v) is 4.37. The molecule has 0 aliphatic heterocycles. The predicted molar refractivity (Wildman–Crippen MR) is 106 cm³/mol. The molecule has 3 aromatic rings. The second-order valence-corrected chi connectivity index (χ2v) is 8.29. The summed E-state index contributed by atoms with van der Waals surface area (Å²) in [5.41, 5.74) is 3.97. The van der Waals surface area contributed by atoms with Crippen LogP contribution in [0.25, 0.3) is 0 Å². The van der Waals surface area contributed by atoms with E-state index >= 15 is 0 Å². The zero-order valence-electron chi connectivity index (χ0n) is 16.0. The van der Waals surface area contributed by atoms with E-state index in [0.29, 0.717) is 13.1 Å². The Bertz CT molecular complexity index is 942. The molecule has 1 amide bonds. The molecule has 1 fully saturated rings. The van der Waals surface area contributed by atoms with E-state index in [1.54, 1.807) is 17.5 Å². The van der Waals surface area contributed by atoms with Gasteiger partial charge in [0.1, 0.15) is 5.01 Å². The molecule has 0 radical (unpaired) electrons. The van der Waals surface area contributed by atoms with Crippen molar-refractivity contribution in [3.63, 3.8) is 0 Å². The summed E-state index contributed by atoms with van der Waals surface area (Å²) in [7, 11) is 1.95. The van der Waals surface area contributed by atoms with Crippen molar-refractivity contribution in [3.05, 3.63) is 69.4 Å². The minimum absolute atomic E-state index is 0.201. The van der Waals surface area contributed by atoms with Crippen molar-refractivity contribution in [3.8, 4) is 0 Å². The van der Waals surface area contributed by atoms with Crippen molar-refractivity contribution < 1.29 is 4.79 Å². The largest absolute Gasteiger partial charge is 0.331 e. The summed E-state index contributed by atoms with van der Waals surface area (Å²) in [5, 5.41) is 7.45. The molecule has 0 saturated heterocycles. The lowest BCUT2D eigenvalue weighted by Crippen LogP contribution is -2.38. The molecule has 2 aromatic heterocycles. The third-order valence-corrected chi connectivity index (χ3v) is 6.35. The molecule has 2 heterocycles. The van der Waals surface area contributed by atoms with Gasteiger partial charge in [0, 0.05) is 36.4 Å². The number of aryl methyl sites for hydroxylation is 2. The number of carbonyl (C=O) groups excluding carboxylic acids is 1. The zero-order chi connectivity index (χ0) is 19.0. The number of carbonyl (C=O) groups is 1. The number of nitrogens with zero attached hydrogens (tertiary/aromatic N) is 4. The number of hydrogen-bond acceptors (Lipinski definition) is 4. The third-order valence-electron chi connectivity index (χ3n) is 5.59. The molecule has 0 N–H and O–H groups in total. The first-order valence-corrected chi connectivity index (χ1v) is 10.1. The number of thiazole rings is 1. The minimum atomic E-state index is -0.372. The normalized spacial score (nSPS) is 14.9. The monoisotopic (exact) mass is 380 g/mol. The first-order chi connectivity index (χ1) is 13.0. The molecule has 1 aromatic carbocycles. The van der Waals surface area contributed by atoms with Crippen LogP contribution in [0.5, 0.6) is 0 Å². The highest BCUT2D eigenvalue weighted by atomic mass is 32.1. The molecule has 1 aliphatic rings. The van der Waals surface area contributed by atoms with E-state index < -0.39 is 0 Å². The SMILES string of the molecule is Cc1nn(C)c(C)c1CN(Cc1nccs1)C(=O)C1(c2ccccc2)CC1. The molecule has 0 atom stereocenters. The second-order valence-electron chi connectivity index (χ2n) is 7.31. The molecule has 0 unspecified atom stereocenters. The molecular weight excluding hydrogens is 356 g/mol. The zero-order valence-corrected chi connectivity index (χ0v) is 16.8. The van der Waals surface area contributed by atoms with E-state index in [0.717, 1.165) is 40.4 Å². The summed E-state index contributed by atoms with van der Waals surface area (Å²) in [5.74, 6) is 0.201. The maximum absolute atomic E-state index is 13.7. The second kappa shape index (κ2) is 6.93. The summed E-state index contributed by atoms with van der Waals surface area (Å²) in [6.45, 7) is 5.18. The maximum Gasteiger partial charge on any atom is 0.233 e. The Morgan fingerprint density at radius 3 is 2.52 bits per heavy atom. The van der Waals surface area contributed by atoms with E-state index in [-0.39, 0.29) is 11.3 Å². The Morgan fingerprint density at radius 2 is 1.96 bits per heavy atom. The van der Waals surface area contributed by atoms with Gasteiger partial charge in [-0.05, 0) is 32.3 Å². The summed E-state index contributed by atoms with van der Waals surface area (Å²) in [4.78, 5) is 20.0. The van der Waals surface area contributed by atoms with E-state index in [1.165, 1.54) is 0 Å². The lowest BCUT2D eigenvalue weighted by molar-refractivity contribution is -0.135. The van der Waals surface area contributed by atoms with Crippen LogP contribution in [0.4, 0.5) is 0 Å². The molecule has 6 heteroatoms. The van der Waals surface area contributed by atoms with Gasteiger partial charge in [-0.3, -0.25) is 9.48 Å². The first-order valence-electron chi connectivity index (χ1n) is 9.23. The summed E-state index contributed by atoms with van der Waals surface area (Å²) >= 11 is 1.59. The molecule has 27 heavy (non-hydrogen) atoms. The minimum Gasteiger partial charge on any atom is -0.331 e. The Labute approximate surface area is 163 Å². The van der Waals surface area contributed by atoms with Crippen LogP contribution in [0.2, 0.25) is 0 Å². The average Bonchev–Trinajstić information content (AvgIpc) is 3.26. The van der Waals surface area contributed by atoms with Crippen molar-refractivity contribution in [2.75, 3.05) is 0 Å². The summed E-state index contributed by atoms with van der Waals surface area (Å²) < 4.78 is 1.89. The number of hydrogen-bond donors (Lipinski definition) is 0. The fraction of sp³-hybridized carbons (Fsp3) is 0.381. The van der Waals surface area contributed by atoms with E-state index in [4.69, 9.17) is 0 Å². The van der Waals surface area contributed by atoms with Gasteiger partial charge in [-0.2, -0.15) is 5.10 Å². The van der Waals surface area contributed by atoms with Crippen molar-refractivity contribution in [2.24, 2.45) is 7.05 Å². The average molecular weight is 381 g/mol. The quantitative estimate of drug-likeness (QED) is 0.654. The molecule has 140 valence electrons. The number of benzene rings is 1. The third kappa shape index (κ3) is 3.30. The number of rotatable bonds is 6. The van der Waals surface area contributed by atoms with Gasteiger partial charge in [0.05, 0.1) is 17.7 Å². The smallest absolute Gasteiger partial charge is 0.233 e. The molecule has 1 saturated carbocycles. The van der Waals surface area contributed by atoms with Gasteiger partial charge >= 0.3 is 0 Å². The number of amides is 1. The van der Waals surface area contributed by atoms with Gasteiger partial charge in [0.2, 0.25) is 5.91 Å². The lowest BCUT2D eigenvalue weighted by Gasteiger charge is -2.27. The van der Waals surface area contributed by atoms with Gasteiger partial charge in [-0.15, -0.1) is 11.3 Å². The molecule has 0 spiro atoms. The highest BCUT2D eigenvalue weighted by Gasteiger charge is 2.53. The highest BCUT2D eigenvalue weighted by Crippen LogP contribution is 2.50. The predicted octanol–water partition coefficient (Wildman–Crippen LogP) is 3.75. The van der Waals surface area contributed by atoms with E-state index in [9.17, 15) is 4.79 Å². The molecule has 0 bridgehead atoms. The van der Waals surface area contributed by atoms with Gasteiger partial charge in [-0.25, -0.2) is 4.98 Å². The Balaban J connectivity index is 1.67. The van der Waals surface area contributed by atoms with Crippen LogP contribution in [-0.4, -0.2) is 25.6 Å². The van der Waals surface area contributed by atoms with Crippen molar-refractivity contribution in [2.45, 2.75) is 45.2 Å². The van der Waals surface area contributed by atoms with Crippen LogP contribution >= 0.6 is 11.3 Å². The van der Waals surface area contributed by atoms with Gasteiger partial charge in [-0.1, -0.05) is 30.3 Å². The standard InChI is InChI=1S/C21H24N4OS/c1-15-18(16(2)24(3)23-15)13-25(14-19-22-11-12-27-19)20(26)21(9-10-21)17-7-5-4-6-8-17/h4-8,11-12H,9-10,13-14H2,1-3H3. The topological polar surface area (TPSA) is 51.0 Å². The number of aromatic nitrogens is 3. The van der Waals surface area contributed by atoms with Crippen molar-refractivity contribution in [1.29, 1.82) is 0 Å². The fourth-order valence-electron chi connectivity index (χ4n) is 3.74. The van der Waals surface area contributed by atoms with E-state index in [2.05, 4.69) is 29.1 Å². The van der Waals surface area contributed by atoms with Crippen LogP contribution in [-0.2, 0) is 30.3 Å². The van der Waals surface area contributed by atoms with Gasteiger partial charge in [0.25, 0.3) is 0 Å². The van der Waals surface area contributed by atoms with Crippen LogP contribution in [0.3, 0.4) is 0 Å². The van der Waals surface area contributed by atoms with Crippen molar-refractivity contribution >= 4 is 17.2 Å².